The van der Waals surface area contributed by atoms with Crippen molar-refractivity contribution >= 4 is 33.2 Å². The van der Waals surface area contributed by atoms with E-state index in [-0.39, 0.29) is 16.8 Å². The summed E-state index contributed by atoms with van der Waals surface area (Å²) in [6.45, 7) is 1.87. The average molecular weight is 443 g/mol. The van der Waals surface area contributed by atoms with Crippen molar-refractivity contribution in [1.82, 2.24) is 5.32 Å². The van der Waals surface area contributed by atoms with E-state index < -0.39 is 10.0 Å². The molecule has 0 aliphatic carbocycles. The largest absolute Gasteiger partial charge is 0.494 e. The van der Waals surface area contributed by atoms with E-state index in [4.69, 9.17) is 16.3 Å². The first-order valence-corrected chi connectivity index (χ1v) is 11.1. The molecule has 6 nitrogen and oxygen atoms in total. The summed E-state index contributed by atoms with van der Waals surface area (Å²) in [5.74, 6) is 0.0300. The van der Waals surface area contributed by atoms with Gasteiger partial charge in [0.15, 0.2) is 0 Å². The normalized spacial score (nSPS) is 14.6. The lowest BCUT2D eigenvalue weighted by Gasteiger charge is -2.17. The van der Waals surface area contributed by atoms with Gasteiger partial charge in [-0.25, -0.2) is 8.42 Å². The summed E-state index contributed by atoms with van der Waals surface area (Å²) in [7, 11) is -2.04. The molecule has 3 aromatic carbocycles. The molecule has 0 aromatic heterocycles. The summed E-state index contributed by atoms with van der Waals surface area (Å²) in [6.07, 6.45) is 0. The van der Waals surface area contributed by atoms with Gasteiger partial charge in [0.25, 0.3) is 15.9 Å². The summed E-state index contributed by atoms with van der Waals surface area (Å²) in [5.41, 5.74) is 3.22. The van der Waals surface area contributed by atoms with Crippen molar-refractivity contribution in [3.8, 4) is 16.9 Å². The van der Waals surface area contributed by atoms with Crippen LogP contribution in [-0.2, 0) is 10.0 Å². The van der Waals surface area contributed by atoms with E-state index >= 15 is 0 Å². The molecule has 3 aromatic rings. The van der Waals surface area contributed by atoms with E-state index in [0.29, 0.717) is 27.6 Å². The average Bonchev–Trinajstić information content (AvgIpc) is 2.96. The van der Waals surface area contributed by atoms with Crippen molar-refractivity contribution in [2.45, 2.75) is 17.9 Å². The molecule has 1 atom stereocenters. The highest BCUT2D eigenvalue weighted by Crippen LogP contribution is 2.36. The van der Waals surface area contributed by atoms with Gasteiger partial charge in [-0.15, -0.1) is 0 Å². The van der Waals surface area contributed by atoms with Crippen molar-refractivity contribution in [2.75, 3.05) is 11.8 Å². The van der Waals surface area contributed by atoms with Gasteiger partial charge in [0.2, 0.25) is 0 Å². The van der Waals surface area contributed by atoms with Crippen molar-refractivity contribution in [3.05, 3.63) is 76.8 Å². The molecule has 0 saturated carbocycles. The molecular formula is C22H19ClN2O4S. The molecule has 8 heteroatoms. The second-order valence-electron chi connectivity index (χ2n) is 6.95. The van der Waals surface area contributed by atoms with Crippen LogP contribution in [0.25, 0.3) is 11.1 Å². The van der Waals surface area contributed by atoms with Crippen LogP contribution >= 0.6 is 11.6 Å². The molecule has 0 radical (unpaired) electrons. The SMILES string of the molecule is COc1c(Cl)cccc1C(=O)NC(C)c1ccc(-c2ccc3cc2S(=O)(=O)N3)cc1. The molecule has 1 aliphatic heterocycles. The number of halogens is 1. The Balaban J connectivity index is 1.55. The molecular weight excluding hydrogens is 424 g/mol. The van der Waals surface area contributed by atoms with E-state index in [9.17, 15) is 13.2 Å². The third-order valence-corrected chi connectivity index (χ3v) is 6.73. The fraction of sp³-hybridized carbons (Fsp3) is 0.136. The van der Waals surface area contributed by atoms with Gasteiger partial charge in [-0.05, 0) is 42.3 Å². The number of rotatable bonds is 5. The van der Waals surface area contributed by atoms with Gasteiger partial charge in [-0.1, -0.05) is 48.0 Å². The monoisotopic (exact) mass is 442 g/mol. The zero-order valence-corrected chi connectivity index (χ0v) is 17.8. The van der Waals surface area contributed by atoms with Gasteiger partial charge in [-0.2, -0.15) is 0 Å². The Morgan fingerprint density at radius 2 is 1.83 bits per heavy atom. The summed E-state index contributed by atoms with van der Waals surface area (Å²) >= 11 is 6.10. The van der Waals surface area contributed by atoms with Crippen LogP contribution in [0.3, 0.4) is 0 Å². The number of hydrogen-bond donors (Lipinski definition) is 2. The number of ether oxygens (including phenoxy) is 1. The van der Waals surface area contributed by atoms with Crippen LogP contribution in [0.4, 0.5) is 5.69 Å². The lowest BCUT2D eigenvalue weighted by Crippen LogP contribution is -2.27. The van der Waals surface area contributed by atoms with Crippen LogP contribution < -0.4 is 14.8 Å². The Morgan fingerprint density at radius 1 is 1.10 bits per heavy atom. The second kappa shape index (κ2) is 7.66. The smallest absolute Gasteiger partial charge is 0.262 e. The van der Waals surface area contributed by atoms with Gasteiger partial charge in [0.05, 0.1) is 34.3 Å². The number of nitrogens with one attached hydrogen (secondary N) is 2. The third-order valence-electron chi connectivity index (χ3n) is 5.01. The number of benzene rings is 3. The van der Waals surface area contributed by atoms with Gasteiger partial charge in [0, 0.05) is 5.56 Å². The topological polar surface area (TPSA) is 84.5 Å². The van der Waals surface area contributed by atoms with E-state index in [1.165, 1.54) is 7.11 Å². The lowest BCUT2D eigenvalue weighted by molar-refractivity contribution is 0.0937. The molecule has 0 fully saturated rings. The Hall–Kier alpha value is -3.03. The fourth-order valence-electron chi connectivity index (χ4n) is 3.46. The van der Waals surface area contributed by atoms with E-state index in [1.54, 1.807) is 36.4 Å². The molecule has 154 valence electrons. The van der Waals surface area contributed by atoms with Crippen LogP contribution in [0.15, 0.2) is 65.6 Å². The first-order chi connectivity index (χ1) is 14.3. The number of para-hydroxylation sites is 1. The number of methoxy groups -OCH3 is 1. The quantitative estimate of drug-likeness (QED) is 0.603. The maximum atomic E-state index is 12.7. The lowest BCUT2D eigenvalue weighted by atomic mass is 10.0. The van der Waals surface area contributed by atoms with E-state index in [2.05, 4.69) is 10.0 Å². The fourth-order valence-corrected chi connectivity index (χ4v) is 5.02. The minimum absolute atomic E-state index is 0.266. The number of anilines is 1. The maximum absolute atomic E-state index is 12.7. The number of sulfonamides is 1. The Morgan fingerprint density at radius 3 is 2.53 bits per heavy atom. The van der Waals surface area contributed by atoms with Crippen LogP contribution in [-0.4, -0.2) is 21.4 Å². The van der Waals surface area contributed by atoms with Crippen molar-refractivity contribution in [1.29, 1.82) is 0 Å². The predicted octanol–water partition coefficient (Wildman–Crippen LogP) is 4.62. The molecule has 1 heterocycles. The van der Waals surface area contributed by atoms with Crippen molar-refractivity contribution in [2.24, 2.45) is 0 Å². The molecule has 0 spiro atoms. The molecule has 4 rings (SSSR count). The number of hydrogen-bond acceptors (Lipinski definition) is 4. The molecule has 1 amide bonds. The molecule has 1 unspecified atom stereocenters. The molecule has 30 heavy (non-hydrogen) atoms. The number of fused-ring (bicyclic) bond motifs is 2. The first kappa shape index (κ1) is 20.3. The predicted molar refractivity (Wildman–Crippen MR) is 117 cm³/mol. The second-order valence-corrected chi connectivity index (χ2v) is 9.01. The van der Waals surface area contributed by atoms with Crippen LogP contribution in [0.5, 0.6) is 5.75 Å². The summed E-state index contributed by atoms with van der Waals surface area (Å²) < 4.78 is 32.2. The van der Waals surface area contributed by atoms with E-state index in [0.717, 1.165) is 11.1 Å². The maximum Gasteiger partial charge on any atom is 0.262 e. The standard InChI is InChI=1S/C22H19ClN2O4S/c1-13(24-22(26)18-4-3-5-19(23)21(18)29-2)14-6-8-15(9-7-14)17-11-10-16-12-20(17)30(27,28)25-16/h3-13,25H,1-2H3,(H,24,26). The number of carbonyl (C=O) groups is 1. The van der Waals surface area contributed by atoms with Crippen molar-refractivity contribution in [3.63, 3.8) is 0 Å². The molecule has 2 bridgehead atoms. The highest BCUT2D eigenvalue weighted by molar-refractivity contribution is 7.93. The minimum atomic E-state index is -3.51. The zero-order valence-electron chi connectivity index (χ0n) is 16.3. The van der Waals surface area contributed by atoms with Crippen LogP contribution in [0, 0.1) is 0 Å². The third kappa shape index (κ3) is 3.62. The summed E-state index contributed by atoms with van der Waals surface area (Å²) in [5, 5.41) is 3.30. The van der Waals surface area contributed by atoms with E-state index in [1.807, 2.05) is 31.2 Å². The Labute approximate surface area is 179 Å². The summed E-state index contributed by atoms with van der Waals surface area (Å²) in [6, 6.07) is 17.3. The van der Waals surface area contributed by atoms with Crippen LogP contribution in [0.2, 0.25) is 5.02 Å². The molecule has 1 aliphatic rings. The highest BCUT2D eigenvalue weighted by Gasteiger charge is 2.26. The molecule has 2 N–H and O–H groups in total. The Kier molecular flexibility index (Phi) is 5.17. The van der Waals surface area contributed by atoms with Gasteiger partial charge in [-0.3, -0.25) is 9.52 Å². The first-order valence-electron chi connectivity index (χ1n) is 9.21. The van der Waals surface area contributed by atoms with Crippen molar-refractivity contribution < 1.29 is 17.9 Å². The number of carbonyl (C=O) groups excluding carboxylic acids is 1. The summed E-state index contributed by atoms with van der Waals surface area (Å²) in [4.78, 5) is 13.0. The van der Waals surface area contributed by atoms with Gasteiger partial charge in [0.1, 0.15) is 5.75 Å². The van der Waals surface area contributed by atoms with Gasteiger partial charge >= 0.3 is 0 Å². The number of amides is 1. The minimum Gasteiger partial charge on any atom is -0.494 e. The zero-order chi connectivity index (χ0) is 21.5. The van der Waals surface area contributed by atoms with Crippen LogP contribution in [0.1, 0.15) is 28.9 Å². The highest BCUT2D eigenvalue weighted by atomic mass is 35.5. The van der Waals surface area contributed by atoms with Gasteiger partial charge < -0.3 is 10.1 Å². The molecule has 0 saturated heterocycles. The Bertz CT molecular complexity index is 1240.